The summed E-state index contributed by atoms with van der Waals surface area (Å²) in [5, 5.41) is 10.7. The minimum absolute atomic E-state index is 0. The Morgan fingerprint density at radius 1 is 0.527 bits per heavy atom. The van der Waals surface area contributed by atoms with Crippen LogP contribution >= 0.6 is 12.4 Å². The molecule has 2 amide bonds. The maximum atomic E-state index is 12.1. The van der Waals surface area contributed by atoms with Gasteiger partial charge in [-0.3, -0.25) is 19.5 Å². The normalized spacial score (nSPS) is 14.0. The van der Waals surface area contributed by atoms with Crippen molar-refractivity contribution in [3.63, 3.8) is 0 Å². The van der Waals surface area contributed by atoms with Crippen LogP contribution in [0.3, 0.4) is 0 Å². The van der Waals surface area contributed by atoms with E-state index < -0.39 is 20.2 Å². The second-order valence-corrected chi connectivity index (χ2v) is 26.1. The number of halogens is 1. The van der Waals surface area contributed by atoms with E-state index in [9.17, 15) is 35.5 Å². The van der Waals surface area contributed by atoms with Gasteiger partial charge in [-0.15, -0.1) is 12.4 Å². The van der Waals surface area contributed by atoms with Gasteiger partial charge in [0.25, 0.3) is 0 Å². The number of hydrogen-bond donors (Lipinski definition) is 2. The van der Waals surface area contributed by atoms with Gasteiger partial charge in [0.2, 0.25) is 23.2 Å². The lowest BCUT2D eigenvalue weighted by Crippen LogP contribution is -2.28. The van der Waals surface area contributed by atoms with Crippen LogP contribution in [-0.2, 0) is 40.7 Å². The fourth-order valence-corrected chi connectivity index (χ4v) is 12.2. The molecule has 0 aromatic heterocycles. The van der Waals surface area contributed by atoms with Crippen LogP contribution in [0.5, 0.6) is 0 Å². The van der Waals surface area contributed by atoms with Crippen LogP contribution in [0.2, 0.25) is 0 Å². The molecule has 10 rings (SSSR count). The van der Waals surface area contributed by atoms with Gasteiger partial charge in [0, 0.05) is 110 Å². The lowest BCUT2D eigenvalue weighted by molar-refractivity contribution is -0.439. The van der Waals surface area contributed by atoms with Crippen molar-refractivity contribution < 1.29 is 44.7 Å². The van der Waals surface area contributed by atoms with Crippen LogP contribution in [0.25, 0.3) is 21.5 Å². The Morgan fingerprint density at radius 3 is 1.53 bits per heavy atom. The number of anilines is 3. The monoisotopic (exact) mass is 1310 g/mol. The van der Waals surface area contributed by atoms with Gasteiger partial charge in [-0.05, 0) is 141 Å². The number of rotatable bonds is 21. The summed E-state index contributed by atoms with van der Waals surface area (Å²) in [6.07, 6.45) is 22.9. The topological polar surface area (TPSA) is 194 Å². The number of unbranched alkanes of at least 4 members (excludes halogenated alkanes) is 2. The third-order valence-corrected chi connectivity index (χ3v) is 17.2. The van der Waals surface area contributed by atoms with Crippen molar-refractivity contribution in [2.75, 3.05) is 40.1 Å². The number of aliphatic imine (C=N–C) groups is 1. The molecule has 17 heteroatoms. The van der Waals surface area contributed by atoms with Gasteiger partial charge in [0.05, 0.1) is 36.8 Å². The van der Waals surface area contributed by atoms with Gasteiger partial charge in [-0.1, -0.05) is 146 Å². The Hall–Kier alpha value is -9.16. The van der Waals surface area contributed by atoms with E-state index in [2.05, 4.69) is 120 Å². The molecule has 93 heavy (non-hydrogen) atoms. The molecule has 0 unspecified atom stereocenters. The van der Waals surface area contributed by atoms with Gasteiger partial charge in [0.15, 0.2) is 11.4 Å². The Kier molecular flexibility index (Phi) is 27.5. The molecule has 484 valence electrons. The summed E-state index contributed by atoms with van der Waals surface area (Å²) < 4.78 is 70.1. The Labute approximate surface area is 555 Å². The summed E-state index contributed by atoms with van der Waals surface area (Å²) >= 11 is 0. The molecule has 14 nitrogen and oxygen atoms in total. The first-order chi connectivity index (χ1) is 44.0. The molecule has 0 saturated heterocycles. The number of allylic oxidation sites excluding steroid dienone is 8. The van der Waals surface area contributed by atoms with Gasteiger partial charge in [-0.2, -0.15) is 9.15 Å². The summed E-state index contributed by atoms with van der Waals surface area (Å²) in [6, 6.07) is 64.0. The molecule has 2 N–H and O–H groups in total. The molecule has 0 aliphatic carbocycles. The maximum absolute atomic E-state index is 12.1. The van der Waals surface area contributed by atoms with Crippen molar-refractivity contribution >= 4 is 118 Å². The van der Waals surface area contributed by atoms with Crippen molar-refractivity contribution in [1.82, 2.24) is 0 Å². The van der Waals surface area contributed by atoms with E-state index in [1.54, 1.807) is 17.3 Å². The molecule has 2 aliphatic heterocycles. The molecule has 0 bridgehead atoms. The first-order valence-electron chi connectivity index (χ1n) is 30.6. The molecule has 0 saturated carbocycles. The second kappa shape index (κ2) is 35.0. The van der Waals surface area contributed by atoms with Gasteiger partial charge in [-0.25, -0.2) is 16.8 Å². The fourth-order valence-electron chi connectivity index (χ4n) is 11.1. The van der Waals surface area contributed by atoms with E-state index in [1.807, 2.05) is 188 Å². The minimum atomic E-state index is -4.23. The first kappa shape index (κ1) is 72.9. The smallest absolute Gasteiger partial charge is 0.227 e. The Morgan fingerprint density at radius 2 is 0.989 bits per heavy atom. The molecule has 2 heterocycles. The highest BCUT2D eigenvalue weighted by Gasteiger charge is 2.46. The number of hydrogen-bond acceptors (Lipinski definition) is 10. The van der Waals surface area contributed by atoms with E-state index >= 15 is 0 Å². The number of nitrogens with zero attached hydrogens (tertiary/aromatic N) is 4. The van der Waals surface area contributed by atoms with Crippen molar-refractivity contribution in [3.8, 4) is 0 Å². The van der Waals surface area contributed by atoms with Crippen molar-refractivity contribution in [2.24, 2.45) is 4.99 Å². The number of para-hydroxylation sites is 4. The zero-order chi connectivity index (χ0) is 66.2. The summed E-state index contributed by atoms with van der Waals surface area (Å²) in [5.74, 6) is -0.746. The van der Waals surface area contributed by atoms with E-state index in [4.69, 9.17) is 0 Å². The molecule has 0 atom stereocenters. The number of amides is 2. The predicted octanol–water partition coefficient (Wildman–Crippen LogP) is 16.4. The van der Waals surface area contributed by atoms with Gasteiger partial charge < -0.3 is 19.7 Å². The Balaban J connectivity index is 0.000000216. The van der Waals surface area contributed by atoms with Gasteiger partial charge in [0.1, 0.15) is 13.1 Å². The molecular formula is C76H83ClN6O8S2. The van der Waals surface area contributed by atoms with Crippen LogP contribution in [-0.4, -0.2) is 89.1 Å². The van der Waals surface area contributed by atoms with Crippen molar-refractivity contribution in [1.29, 1.82) is 0 Å². The maximum Gasteiger partial charge on any atom is 0.227 e. The third-order valence-electron chi connectivity index (χ3n) is 15.6. The largest absolute Gasteiger partial charge is 0.748 e. The fraction of sp³-hybridized carbons (Fsp3) is 0.224. The quantitative estimate of drug-likeness (QED) is 0.0231. The highest BCUT2D eigenvalue weighted by atomic mass is 35.5. The first-order valence-corrected chi connectivity index (χ1v) is 33.8. The van der Waals surface area contributed by atoms with Crippen LogP contribution in [0, 0.1) is 0 Å². The average Bonchev–Trinajstić information content (AvgIpc) is 1.59. The lowest BCUT2D eigenvalue weighted by atomic mass is 9.79. The SMILES string of the molecule is C(/C=C/C=C/Nc1ccccc1)=Nc1ccccc1.CC(=O)N(/C=C/C=C/C=C/C1=[N+](CCCCS(=O)(=O)[O-])c2ccc3ccccc3c2C1(C)C)c1ccccc1.CC(=O)Nc1ccccc1.CC1=[N+](CCCCS(=O)(=O)[O-])c2ccc3ccccc3c2C1(C)C.Cl. The van der Waals surface area contributed by atoms with Crippen LogP contribution in [0.1, 0.15) is 85.3 Å². The zero-order valence-electron chi connectivity index (χ0n) is 53.8. The van der Waals surface area contributed by atoms with E-state index in [-0.39, 0.29) is 46.6 Å². The Bertz CT molecular complexity index is 4300. The molecule has 0 radical (unpaired) electrons. The molecule has 8 aromatic rings. The van der Waals surface area contributed by atoms with Crippen molar-refractivity contribution in [2.45, 2.75) is 85.0 Å². The molecule has 2 aliphatic rings. The number of carbonyl (C=O) groups excluding carboxylic acids is 2. The number of benzene rings is 8. The van der Waals surface area contributed by atoms with Crippen LogP contribution in [0.15, 0.2) is 260 Å². The summed E-state index contributed by atoms with van der Waals surface area (Å²) in [5.41, 5.74) is 10.5. The van der Waals surface area contributed by atoms with Crippen LogP contribution < -0.4 is 15.5 Å². The molecule has 8 aromatic carbocycles. The summed E-state index contributed by atoms with van der Waals surface area (Å²) in [6.45, 7) is 15.4. The van der Waals surface area contributed by atoms with Crippen molar-refractivity contribution in [3.05, 3.63) is 266 Å². The molecule has 0 spiro atoms. The van der Waals surface area contributed by atoms with Crippen LogP contribution in [0.4, 0.5) is 34.1 Å². The number of fused-ring (bicyclic) bond motifs is 6. The summed E-state index contributed by atoms with van der Waals surface area (Å²) in [4.78, 5) is 28.5. The molecule has 0 fully saturated rings. The highest BCUT2D eigenvalue weighted by Crippen LogP contribution is 2.45. The molecular weight excluding hydrogens is 1220 g/mol. The number of carbonyl (C=O) groups is 2. The minimum Gasteiger partial charge on any atom is -0.748 e. The zero-order valence-corrected chi connectivity index (χ0v) is 56.2. The summed E-state index contributed by atoms with van der Waals surface area (Å²) in [7, 11) is -8.35. The lowest BCUT2D eigenvalue weighted by Gasteiger charge is -2.17. The average molecular weight is 1310 g/mol. The third kappa shape index (κ3) is 21.7. The second-order valence-electron chi connectivity index (χ2n) is 23.0. The van der Waals surface area contributed by atoms with E-state index in [1.165, 1.54) is 57.9 Å². The highest BCUT2D eigenvalue weighted by molar-refractivity contribution is 7.85. The predicted molar refractivity (Wildman–Crippen MR) is 385 cm³/mol. The number of nitrogens with one attached hydrogen (secondary N) is 2. The van der Waals surface area contributed by atoms with E-state index in [0.717, 1.165) is 40.7 Å². The van der Waals surface area contributed by atoms with E-state index in [0.29, 0.717) is 32.2 Å². The standard InChI is InChI=1S/C32H34N2O4S.C19H23NO3S.C17H16N2.C8H9NO.ClH/c1-25(35)33(27-16-7-6-8-17-27)22-12-5-4-9-19-30-32(2,3)31-28-18-11-10-15-26(28)20-21-29(31)34(30)23-13-14-24-39(36,37)38;1-14-19(2,3)18-16-9-5-4-8-15(16)10-11-17(18)20(14)12-6-7-13-24(21,22)23;1-4-10-16(11-5-1)18-14-8-3-9-15-19-17-12-6-2-7-13-17;1-7(10)9-8-5-3-2-4-6-8;/h4-12,15-22H,13-14,23-24H2,1-3H3;4-5,8-11H,6-7,12-13H2,1-3H3;1-15,18H;2-6H,1H3,(H,9,10);1H/b;;9-3+,14-8+,19-15?;;. The van der Waals surface area contributed by atoms with Gasteiger partial charge >= 0.3 is 0 Å².